The van der Waals surface area contributed by atoms with Gasteiger partial charge in [-0.15, -0.1) is 0 Å². The monoisotopic (exact) mass is 289 g/mol. The zero-order valence-corrected chi connectivity index (χ0v) is 11.7. The van der Waals surface area contributed by atoms with Crippen LogP contribution >= 0.6 is 11.6 Å². The number of rotatable bonds is 2. The Balaban J connectivity index is 2.30. The Hall–Kier alpha value is -2.07. The van der Waals surface area contributed by atoms with Gasteiger partial charge in [-0.3, -0.25) is 0 Å². The fraction of sp³-hybridized carbons (Fsp3) is 0.133. The van der Waals surface area contributed by atoms with E-state index in [0.29, 0.717) is 28.6 Å². The Morgan fingerprint density at radius 3 is 2.80 bits per heavy atom. The van der Waals surface area contributed by atoms with E-state index in [0.717, 1.165) is 11.1 Å². The van der Waals surface area contributed by atoms with Gasteiger partial charge in [0.15, 0.2) is 5.82 Å². The van der Waals surface area contributed by atoms with Gasteiger partial charge in [-0.1, -0.05) is 17.7 Å². The van der Waals surface area contributed by atoms with E-state index < -0.39 is 0 Å². The predicted molar refractivity (Wildman–Crippen MR) is 80.2 cm³/mol. The molecular weight excluding hydrogens is 277 g/mol. The Labute approximate surface area is 120 Å². The lowest BCUT2D eigenvalue weighted by molar-refractivity contribution is 0.637. The molecule has 3 nitrogen and oxygen atoms in total. The molecule has 0 atom stereocenters. The number of benzene rings is 2. The molecule has 0 unspecified atom stereocenters. The van der Waals surface area contributed by atoms with Crippen LogP contribution in [0.1, 0.15) is 6.92 Å². The van der Waals surface area contributed by atoms with Gasteiger partial charge in [0.2, 0.25) is 0 Å². The fourth-order valence-corrected chi connectivity index (χ4v) is 2.50. The van der Waals surface area contributed by atoms with Crippen LogP contribution < -0.4 is 5.73 Å². The molecule has 0 bridgehead atoms. The molecule has 102 valence electrons. The molecule has 0 fully saturated rings. The van der Waals surface area contributed by atoms with Crippen LogP contribution in [-0.2, 0) is 6.54 Å². The number of hydrogen-bond donors (Lipinski definition) is 1. The molecule has 0 saturated carbocycles. The summed E-state index contributed by atoms with van der Waals surface area (Å²) in [6.45, 7) is 2.69. The van der Waals surface area contributed by atoms with E-state index in [-0.39, 0.29) is 5.82 Å². The summed E-state index contributed by atoms with van der Waals surface area (Å²) in [7, 11) is 0. The fourth-order valence-electron chi connectivity index (χ4n) is 2.32. The summed E-state index contributed by atoms with van der Waals surface area (Å²) in [5.41, 5.74) is 8.20. The van der Waals surface area contributed by atoms with Gasteiger partial charge in [0.25, 0.3) is 0 Å². The zero-order chi connectivity index (χ0) is 14.3. The summed E-state index contributed by atoms with van der Waals surface area (Å²) in [5.74, 6) is 0.368. The van der Waals surface area contributed by atoms with E-state index in [4.69, 9.17) is 17.3 Å². The van der Waals surface area contributed by atoms with E-state index in [1.807, 2.05) is 23.6 Å². The second kappa shape index (κ2) is 4.80. The molecule has 0 spiro atoms. The third-order valence-corrected chi connectivity index (χ3v) is 3.63. The molecule has 3 aromatic rings. The van der Waals surface area contributed by atoms with Crippen molar-refractivity contribution in [2.75, 3.05) is 5.73 Å². The molecule has 20 heavy (non-hydrogen) atoms. The van der Waals surface area contributed by atoms with E-state index >= 15 is 0 Å². The van der Waals surface area contributed by atoms with Gasteiger partial charge in [-0.2, -0.15) is 0 Å². The molecule has 0 aliphatic rings. The minimum atomic E-state index is -0.322. The standard InChI is InChI=1S/C15H13ClFN3/c1-2-20-13-5-3-4-11(17)14(13)19-15(20)9-6-7-12(18)10(16)8-9/h3-8H,2,18H2,1H3. The molecule has 0 aliphatic heterocycles. The second-order valence-corrected chi connectivity index (χ2v) is 4.93. The van der Waals surface area contributed by atoms with Crippen LogP contribution in [0.15, 0.2) is 36.4 Å². The van der Waals surface area contributed by atoms with Crippen molar-refractivity contribution in [3.63, 3.8) is 0 Å². The summed E-state index contributed by atoms with van der Waals surface area (Å²) in [6, 6.07) is 10.3. The molecule has 1 heterocycles. The number of fused-ring (bicyclic) bond motifs is 1. The number of nitrogen functional groups attached to an aromatic ring is 1. The molecule has 3 rings (SSSR count). The topological polar surface area (TPSA) is 43.8 Å². The van der Waals surface area contributed by atoms with Crippen molar-refractivity contribution >= 4 is 28.3 Å². The second-order valence-electron chi connectivity index (χ2n) is 4.52. The maximum Gasteiger partial charge on any atom is 0.151 e. The van der Waals surface area contributed by atoms with Crippen LogP contribution in [-0.4, -0.2) is 9.55 Å². The Bertz CT molecular complexity index is 795. The first-order valence-corrected chi connectivity index (χ1v) is 6.69. The highest BCUT2D eigenvalue weighted by Gasteiger charge is 2.14. The number of para-hydroxylation sites is 1. The number of halogens is 2. The summed E-state index contributed by atoms with van der Waals surface area (Å²) >= 11 is 6.05. The Morgan fingerprint density at radius 1 is 1.30 bits per heavy atom. The van der Waals surface area contributed by atoms with Crippen molar-refractivity contribution in [3.05, 3.63) is 47.2 Å². The molecule has 0 aliphatic carbocycles. The van der Waals surface area contributed by atoms with Crippen molar-refractivity contribution in [1.29, 1.82) is 0 Å². The molecule has 0 radical (unpaired) electrons. The third-order valence-electron chi connectivity index (χ3n) is 3.30. The van der Waals surface area contributed by atoms with Crippen LogP contribution in [0.4, 0.5) is 10.1 Å². The smallest absolute Gasteiger partial charge is 0.151 e. The summed E-state index contributed by atoms with van der Waals surface area (Å²) in [5, 5.41) is 0.470. The lowest BCUT2D eigenvalue weighted by atomic mass is 10.2. The number of aryl methyl sites for hydroxylation is 1. The maximum absolute atomic E-state index is 13.9. The van der Waals surface area contributed by atoms with E-state index in [1.165, 1.54) is 6.07 Å². The minimum absolute atomic E-state index is 0.322. The first-order valence-electron chi connectivity index (χ1n) is 6.32. The van der Waals surface area contributed by atoms with Crippen LogP contribution in [0, 0.1) is 5.82 Å². The summed E-state index contributed by atoms with van der Waals surface area (Å²) < 4.78 is 15.8. The number of nitrogens with zero attached hydrogens (tertiary/aromatic N) is 2. The molecular formula is C15H13ClFN3. The lowest BCUT2D eigenvalue weighted by Gasteiger charge is -2.07. The number of aromatic nitrogens is 2. The van der Waals surface area contributed by atoms with E-state index in [9.17, 15) is 4.39 Å². The molecule has 0 amide bonds. The van der Waals surface area contributed by atoms with Crippen molar-refractivity contribution in [3.8, 4) is 11.4 Å². The molecule has 5 heteroatoms. The van der Waals surface area contributed by atoms with Crippen molar-refractivity contribution in [2.45, 2.75) is 13.5 Å². The molecule has 0 saturated heterocycles. The minimum Gasteiger partial charge on any atom is -0.398 e. The normalized spacial score (nSPS) is 11.2. The van der Waals surface area contributed by atoms with E-state index in [1.54, 1.807) is 18.2 Å². The maximum atomic E-state index is 13.9. The van der Waals surface area contributed by atoms with Crippen LogP contribution in [0.3, 0.4) is 0 Å². The third kappa shape index (κ3) is 1.93. The van der Waals surface area contributed by atoms with Gasteiger partial charge in [-0.25, -0.2) is 9.37 Å². The molecule has 2 N–H and O–H groups in total. The highest BCUT2D eigenvalue weighted by atomic mass is 35.5. The summed E-state index contributed by atoms with van der Waals surface area (Å²) in [4.78, 5) is 4.41. The number of anilines is 1. The summed E-state index contributed by atoms with van der Waals surface area (Å²) in [6.07, 6.45) is 0. The number of hydrogen-bond acceptors (Lipinski definition) is 2. The predicted octanol–water partition coefficient (Wildman–Crippen LogP) is 4.10. The van der Waals surface area contributed by atoms with Gasteiger partial charge in [0.05, 0.1) is 16.2 Å². The largest absolute Gasteiger partial charge is 0.398 e. The number of nitrogens with two attached hydrogens (primary N) is 1. The van der Waals surface area contributed by atoms with Crippen molar-refractivity contribution in [2.24, 2.45) is 0 Å². The Morgan fingerprint density at radius 2 is 2.10 bits per heavy atom. The average molecular weight is 290 g/mol. The van der Waals surface area contributed by atoms with Crippen LogP contribution in [0.2, 0.25) is 5.02 Å². The lowest BCUT2D eigenvalue weighted by Crippen LogP contribution is -1.98. The van der Waals surface area contributed by atoms with Gasteiger partial charge in [0.1, 0.15) is 11.3 Å². The van der Waals surface area contributed by atoms with Crippen molar-refractivity contribution in [1.82, 2.24) is 9.55 Å². The quantitative estimate of drug-likeness (QED) is 0.722. The highest BCUT2D eigenvalue weighted by Crippen LogP contribution is 2.30. The van der Waals surface area contributed by atoms with Gasteiger partial charge < -0.3 is 10.3 Å². The molecule has 1 aromatic heterocycles. The van der Waals surface area contributed by atoms with Crippen molar-refractivity contribution < 1.29 is 4.39 Å². The van der Waals surface area contributed by atoms with Gasteiger partial charge in [0, 0.05) is 12.1 Å². The van der Waals surface area contributed by atoms with E-state index in [2.05, 4.69) is 4.98 Å². The highest BCUT2D eigenvalue weighted by molar-refractivity contribution is 6.33. The van der Waals surface area contributed by atoms with Gasteiger partial charge in [-0.05, 0) is 37.3 Å². The first-order chi connectivity index (χ1) is 9.61. The zero-order valence-electron chi connectivity index (χ0n) is 10.9. The first kappa shape index (κ1) is 12.9. The number of imidazole rings is 1. The van der Waals surface area contributed by atoms with Gasteiger partial charge >= 0.3 is 0 Å². The average Bonchev–Trinajstić information content (AvgIpc) is 2.82. The molecule has 2 aromatic carbocycles. The Kier molecular flexibility index (Phi) is 3.10. The SMILES string of the molecule is CCn1c(-c2ccc(N)c(Cl)c2)nc2c(F)cccc21. The van der Waals surface area contributed by atoms with Crippen LogP contribution in [0.5, 0.6) is 0 Å². The van der Waals surface area contributed by atoms with Crippen LogP contribution in [0.25, 0.3) is 22.4 Å².